The van der Waals surface area contributed by atoms with E-state index in [0.29, 0.717) is 12.8 Å². The van der Waals surface area contributed by atoms with Crippen LogP contribution in [0.3, 0.4) is 0 Å². The zero-order valence-corrected chi connectivity index (χ0v) is 41.6. The summed E-state index contributed by atoms with van der Waals surface area (Å²) in [7, 11) is 0. The molecule has 4 nitrogen and oxygen atoms in total. The second-order valence-corrected chi connectivity index (χ2v) is 18.6. The molecule has 4 heteroatoms. The minimum Gasteiger partial charge on any atom is -0.394 e. The van der Waals surface area contributed by atoms with E-state index in [1.54, 1.807) is 0 Å². The van der Waals surface area contributed by atoms with E-state index in [2.05, 4.69) is 79.9 Å². The first-order valence-corrected chi connectivity index (χ1v) is 27.5. The zero-order chi connectivity index (χ0) is 44.9. The highest BCUT2D eigenvalue weighted by molar-refractivity contribution is 5.76. The maximum Gasteiger partial charge on any atom is 0.220 e. The quantitative estimate of drug-likeness (QED) is 0.0421. The van der Waals surface area contributed by atoms with E-state index < -0.39 is 12.1 Å². The van der Waals surface area contributed by atoms with E-state index in [1.165, 1.54) is 186 Å². The standard InChI is InChI=1S/C58H107NO3/c1-3-5-7-9-11-13-15-17-19-21-23-25-26-27-28-29-30-31-32-34-35-37-39-41-43-45-47-49-51-53-57(61)56(55-60)59-58(62)54-52-50-48-46-44-42-40-38-36-33-24-22-20-18-16-14-12-10-8-6-4-2/h6,8,12,14,18,20,24,33,38,40,56-57,60-61H,3-5,7,9-11,13,15-17,19,21-23,25-32,34-37,39,41-55H2,1-2H3,(H,59,62)/b8-6-,14-12-,20-18-,33-24-,40-38-. The van der Waals surface area contributed by atoms with Gasteiger partial charge in [-0.25, -0.2) is 0 Å². The molecule has 0 aromatic heterocycles. The van der Waals surface area contributed by atoms with Gasteiger partial charge in [0, 0.05) is 6.42 Å². The lowest BCUT2D eigenvalue weighted by molar-refractivity contribution is -0.123. The normalized spacial score (nSPS) is 13.3. The zero-order valence-electron chi connectivity index (χ0n) is 41.6. The summed E-state index contributed by atoms with van der Waals surface area (Å²) in [6.07, 6.45) is 74.9. The molecule has 0 heterocycles. The number of hydrogen-bond acceptors (Lipinski definition) is 3. The third-order valence-electron chi connectivity index (χ3n) is 12.5. The summed E-state index contributed by atoms with van der Waals surface area (Å²) in [6.45, 7) is 4.26. The van der Waals surface area contributed by atoms with Crippen LogP contribution in [0.2, 0.25) is 0 Å². The van der Waals surface area contributed by atoms with Gasteiger partial charge in [0.1, 0.15) is 0 Å². The van der Waals surface area contributed by atoms with Gasteiger partial charge in [0.25, 0.3) is 0 Å². The van der Waals surface area contributed by atoms with Crippen LogP contribution in [0.25, 0.3) is 0 Å². The lowest BCUT2D eigenvalue weighted by atomic mass is 10.0. The van der Waals surface area contributed by atoms with Gasteiger partial charge in [-0.3, -0.25) is 4.79 Å². The Morgan fingerprint density at radius 1 is 0.403 bits per heavy atom. The van der Waals surface area contributed by atoms with Crippen molar-refractivity contribution >= 4 is 5.91 Å². The maximum absolute atomic E-state index is 12.5. The number of carbonyl (C=O) groups is 1. The minimum absolute atomic E-state index is 0.0487. The number of nitrogens with one attached hydrogen (secondary N) is 1. The first kappa shape index (κ1) is 60.1. The first-order chi connectivity index (χ1) is 30.7. The number of amides is 1. The maximum atomic E-state index is 12.5. The number of aliphatic hydroxyl groups is 2. The van der Waals surface area contributed by atoms with Crippen molar-refractivity contribution in [1.29, 1.82) is 0 Å². The minimum atomic E-state index is -0.672. The summed E-state index contributed by atoms with van der Waals surface area (Å²) in [5, 5.41) is 23.3. The lowest BCUT2D eigenvalue weighted by Crippen LogP contribution is -2.45. The topological polar surface area (TPSA) is 69.6 Å². The Kier molecular flexibility index (Phi) is 51.8. The van der Waals surface area contributed by atoms with Crippen molar-refractivity contribution in [3.63, 3.8) is 0 Å². The third-order valence-corrected chi connectivity index (χ3v) is 12.5. The fraction of sp³-hybridized carbons (Fsp3) is 0.810. The molecule has 0 aliphatic heterocycles. The lowest BCUT2D eigenvalue weighted by Gasteiger charge is -2.22. The summed E-state index contributed by atoms with van der Waals surface area (Å²) in [6, 6.07) is -0.551. The summed E-state index contributed by atoms with van der Waals surface area (Å²) >= 11 is 0. The Bertz CT molecular complexity index is 1030. The van der Waals surface area contributed by atoms with Crippen molar-refractivity contribution in [2.75, 3.05) is 6.61 Å². The van der Waals surface area contributed by atoms with Gasteiger partial charge >= 0.3 is 0 Å². The Balaban J connectivity index is 3.48. The van der Waals surface area contributed by atoms with Crippen LogP contribution in [-0.4, -0.2) is 34.9 Å². The van der Waals surface area contributed by atoms with E-state index in [-0.39, 0.29) is 12.5 Å². The highest BCUT2D eigenvalue weighted by Gasteiger charge is 2.20. The average Bonchev–Trinajstić information content (AvgIpc) is 3.28. The van der Waals surface area contributed by atoms with Crippen molar-refractivity contribution < 1.29 is 15.0 Å². The molecule has 0 aliphatic rings. The summed E-state index contributed by atoms with van der Waals surface area (Å²) in [5.41, 5.74) is 0. The van der Waals surface area contributed by atoms with Crippen molar-refractivity contribution in [3.8, 4) is 0 Å². The SMILES string of the molecule is CC/C=C\C/C=C\C/C=C\C/C=C\C/C=C\CCCCCCCC(=O)NC(CO)C(O)CCCCCCCCCCCCCCCCCCCCCCCCCCCCCCC. The van der Waals surface area contributed by atoms with E-state index >= 15 is 0 Å². The average molecular weight is 866 g/mol. The molecule has 62 heavy (non-hydrogen) atoms. The van der Waals surface area contributed by atoms with Crippen LogP contribution in [0.15, 0.2) is 60.8 Å². The molecule has 362 valence electrons. The van der Waals surface area contributed by atoms with E-state index in [9.17, 15) is 15.0 Å². The number of allylic oxidation sites excluding steroid dienone is 10. The van der Waals surface area contributed by atoms with E-state index in [1.807, 2.05) is 0 Å². The number of unbranched alkanes of at least 4 members (excludes halogenated alkanes) is 33. The van der Waals surface area contributed by atoms with Crippen molar-refractivity contribution in [3.05, 3.63) is 60.8 Å². The van der Waals surface area contributed by atoms with Gasteiger partial charge in [-0.1, -0.05) is 280 Å². The molecule has 1 amide bonds. The molecule has 0 aliphatic carbocycles. The first-order valence-electron chi connectivity index (χ1n) is 27.5. The Labute approximate surface area is 387 Å². The number of rotatable bonds is 50. The second kappa shape index (κ2) is 53.4. The molecule has 0 rings (SSSR count). The largest absolute Gasteiger partial charge is 0.394 e. The molecular formula is C58H107NO3. The van der Waals surface area contributed by atoms with Crippen LogP contribution < -0.4 is 5.32 Å². The van der Waals surface area contributed by atoms with Gasteiger partial charge in [-0.15, -0.1) is 0 Å². The molecule has 3 N–H and O–H groups in total. The van der Waals surface area contributed by atoms with Crippen molar-refractivity contribution in [2.45, 2.75) is 296 Å². The molecule has 2 unspecified atom stereocenters. The molecule has 2 atom stereocenters. The van der Waals surface area contributed by atoms with Gasteiger partial charge in [0.05, 0.1) is 18.8 Å². The fourth-order valence-corrected chi connectivity index (χ4v) is 8.39. The molecule has 0 aromatic carbocycles. The predicted octanol–water partition coefficient (Wildman–Crippen LogP) is 18.0. The highest BCUT2D eigenvalue weighted by Crippen LogP contribution is 2.17. The van der Waals surface area contributed by atoms with Crippen LogP contribution in [-0.2, 0) is 4.79 Å². The molecule has 0 saturated carbocycles. The van der Waals surface area contributed by atoms with Crippen LogP contribution in [0, 0.1) is 0 Å². The molecule has 0 bridgehead atoms. The number of carbonyl (C=O) groups excluding carboxylic acids is 1. The summed E-state index contributed by atoms with van der Waals surface area (Å²) < 4.78 is 0. The van der Waals surface area contributed by atoms with Crippen molar-refractivity contribution in [1.82, 2.24) is 5.32 Å². The van der Waals surface area contributed by atoms with Crippen molar-refractivity contribution in [2.24, 2.45) is 0 Å². The Morgan fingerprint density at radius 3 is 1.06 bits per heavy atom. The predicted molar refractivity (Wildman–Crippen MR) is 276 cm³/mol. The molecule has 0 aromatic rings. The third kappa shape index (κ3) is 49.1. The molecule has 0 radical (unpaired) electrons. The van der Waals surface area contributed by atoms with Crippen LogP contribution in [0.1, 0.15) is 284 Å². The fourth-order valence-electron chi connectivity index (χ4n) is 8.39. The smallest absolute Gasteiger partial charge is 0.220 e. The number of hydrogen-bond donors (Lipinski definition) is 3. The molecule has 0 saturated heterocycles. The van der Waals surface area contributed by atoms with Gasteiger partial charge in [0.2, 0.25) is 5.91 Å². The van der Waals surface area contributed by atoms with Crippen LogP contribution in [0.4, 0.5) is 0 Å². The molecule has 0 fully saturated rings. The second-order valence-electron chi connectivity index (χ2n) is 18.6. The molecular weight excluding hydrogens is 759 g/mol. The van der Waals surface area contributed by atoms with Gasteiger partial charge in [-0.2, -0.15) is 0 Å². The number of aliphatic hydroxyl groups excluding tert-OH is 2. The Hall–Kier alpha value is -1.91. The molecule has 0 spiro atoms. The van der Waals surface area contributed by atoms with Gasteiger partial charge in [0.15, 0.2) is 0 Å². The monoisotopic (exact) mass is 866 g/mol. The van der Waals surface area contributed by atoms with Gasteiger partial charge in [-0.05, 0) is 57.8 Å². The highest BCUT2D eigenvalue weighted by atomic mass is 16.3. The summed E-state index contributed by atoms with van der Waals surface area (Å²) in [5.74, 6) is -0.0487. The summed E-state index contributed by atoms with van der Waals surface area (Å²) in [4.78, 5) is 12.5. The van der Waals surface area contributed by atoms with Gasteiger partial charge < -0.3 is 15.5 Å². The van der Waals surface area contributed by atoms with E-state index in [0.717, 1.165) is 70.6 Å². The van der Waals surface area contributed by atoms with E-state index in [4.69, 9.17) is 0 Å². The van der Waals surface area contributed by atoms with Crippen LogP contribution >= 0.6 is 0 Å². The Morgan fingerprint density at radius 2 is 0.710 bits per heavy atom. The van der Waals surface area contributed by atoms with Crippen LogP contribution in [0.5, 0.6) is 0 Å².